The maximum atomic E-state index is 12.9. The average Bonchev–Trinajstić information content (AvgIpc) is 2.46. The molecule has 0 unspecified atom stereocenters. The van der Waals surface area contributed by atoms with Crippen LogP contribution in [0.2, 0.25) is 0 Å². The molecule has 128 valence electrons. The summed E-state index contributed by atoms with van der Waals surface area (Å²) in [5.74, 6) is -0.361. The zero-order chi connectivity index (χ0) is 16.9. The van der Waals surface area contributed by atoms with Gasteiger partial charge in [0.2, 0.25) is 5.91 Å². The first-order valence-electron chi connectivity index (χ1n) is 7.27. The molecule has 0 atom stereocenters. The predicted octanol–water partition coefficient (Wildman–Crippen LogP) is 2.37. The molecule has 2 rings (SSSR count). The van der Waals surface area contributed by atoms with Gasteiger partial charge >= 0.3 is 6.18 Å². The van der Waals surface area contributed by atoms with Gasteiger partial charge in [-0.05, 0) is 12.1 Å². The van der Waals surface area contributed by atoms with Crippen molar-refractivity contribution in [1.82, 2.24) is 4.90 Å². The molecule has 5 nitrogen and oxygen atoms in total. The Morgan fingerprint density at radius 2 is 2.00 bits per heavy atom. The van der Waals surface area contributed by atoms with Crippen LogP contribution in [0.5, 0.6) is 5.75 Å². The summed E-state index contributed by atoms with van der Waals surface area (Å²) in [6, 6.07) is 3.21. The Kier molecular flexibility index (Phi) is 5.84. The maximum Gasteiger partial charge on any atom is 0.416 e. The molecule has 23 heavy (non-hydrogen) atoms. The van der Waals surface area contributed by atoms with Crippen LogP contribution in [0, 0.1) is 0 Å². The van der Waals surface area contributed by atoms with E-state index in [4.69, 9.17) is 9.47 Å². The molecule has 0 saturated carbocycles. The van der Waals surface area contributed by atoms with Gasteiger partial charge in [0, 0.05) is 38.3 Å². The van der Waals surface area contributed by atoms with Crippen molar-refractivity contribution in [3.8, 4) is 5.75 Å². The number of hydrogen-bond donors (Lipinski definition) is 1. The SMILES string of the molecule is CC(=O)Nc1cc(OCCN2CCOCC2)cc(C(F)(F)F)c1. The Morgan fingerprint density at radius 3 is 2.61 bits per heavy atom. The summed E-state index contributed by atoms with van der Waals surface area (Å²) in [5.41, 5.74) is -0.793. The molecule has 0 bridgehead atoms. The Hall–Kier alpha value is -1.80. The van der Waals surface area contributed by atoms with E-state index in [1.54, 1.807) is 0 Å². The van der Waals surface area contributed by atoms with E-state index in [1.807, 2.05) is 0 Å². The van der Waals surface area contributed by atoms with Gasteiger partial charge in [0.1, 0.15) is 12.4 Å². The first-order valence-corrected chi connectivity index (χ1v) is 7.27. The number of amides is 1. The first-order chi connectivity index (χ1) is 10.8. The molecule has 1 aromatic carbocycles. The van der Waals surface area contributed by atoms with E-state index >= 15 is 0 Å². The second kappa shape index (κ2) is 7.65. The molecule has 0 spiro atoms. The van der Waals surface area contributed by atoms with Gasteiger partial charge in [-0.15, -0.1) is 0 Å². The van der Waals surface area contributed by atoms with Gasteiger partial charge in [-0.25, -0.2) is 0 Å². The number of halogens is 3. The van der Waals surface area contributed by atoms with E-state index in [1.165, 1.54) is 13.0 Å². The van der Waals surface area contributed by atoms with Crippen molar-refractivity contribution >= 4 is 11.6 Å². The van der Waals surface area contributed by atoms with Gasteiger partial charge < -0.3 is 14.8 Å². The number of rotatable bonds is 5. The third-order valence-corrected chi connectivity index (χ3v) is 3.33. The van der Waals surface area contributed by atoms with Crippen molar-refractivity contribution in [2.45, 2.75) is 13.1 Å². The van der Waals surface area contributed by atoms with Crippen LogP contribution >= 0.6 is 0 Å². The summed E-state index contributed by atoms with van der Waals surface area (Å²) in [6.45, 7) is 4.97. The van der Waals surface area contributed by atoms with Crippen LogP contribution in [0.15, 0.2) is 18.2 Å². The predicted molar refractivity (Wildman–Crippen MR) is 78.5 cm³/mol. The van der Waals surface area contributed by atoms with E-state index in [-0.39, 0.29) is 18.0 Å². The third kappa shape index (κ3) is 5.72. The minimum absolute atomic E-state index is 0.0636. The summed E-state index contributed by atoms with van der Waals surface area (Å²) in [6.07, 6.45) is -4.50. The zero-order valence-electron chi connectivity index (χ0n) is 12.8. The molecule has 1 fully saturated rings. The quantitative estimate of drug-likeness (QED) is 0.899. The number of benzene rings is 1. The van der Waals surface area contributed by atoms with Crippen molar-refractivity contribution in [3.63, 3.8) is 0 Å². The van der Waals surface area contributed by atoms with E-state index in [9.17, 15) is 18.0 Å². The maximum absolute atomic E-state index is 12.9. The molecule has 0 aliphatic carbocycles. The fourth-order valence-corrected chi connectivity index (χ4v) is 2.24. The van der Waals surface area contributed by atoms with Crippen molar-refractivity contribution in [3.05, 3.63) is 23.8 Å². The lowest BCUT2D eigenvalue weighted by atomic mass is 10.1. The number of ether oxygens (including phenoxy) is 2. The second-order valence-corrected chi connectivity index (χ2v) is 5.23. The van der Waals surface area contributed by atoms with Crippen molar-refractivity contribution in [1.29, 1.82) is 0 Å². The normalized spacial score (nSPS) is 16.2. The standard InChI is InChI=1S/C15H19F3N2O3/c1-11(21)19-13-8-12(15(16,17)18)9-14(10-13)23-7-4-20-2-5-22-6-3-20/h8-10H,2-7H2,1H3,(H,19,21). The Balaban J connectivity index is 2.02. The monoisotopic (exact) mass is 332 g/mol. The molecule has 1 heterocycles. The smallest absolute Gasteiger partial charge is 0.416 e. The lowest BCUT2D eigenvalue weighted by molar-refractivity contribution is -0.137. The lowest BCUT2D eigenvalue weighted by Crippen LogP contribution is -2.38. The van der Waals surface area contributed by atoms with Crippen molar-refractivity contribution in [2.75, 3.05) is 44.8 Å². The highest BCUT2D eigenvalue weighted by atomic mass is 19.4. The van der Waals surface area contributed by atoms with Gasteiger partial charge in [0.25, 0.3) is 0 Å². The molecule has 1 saturated heterocycles. The number of alkyl halides is 3. The number of carbonyl (C=O) groups excluding carboxylic acids is 1. The third-order valence-electron chi connectivity index (χ3n) is 3.33. The average molecular weight is 332 g/mol. The molecule has 1 aliphatic rings. The lowest BCUT2D eigenvalue weighted by Gasteiger charge is -2.26. The largest absolute Gasteiger partial charge is 0.492 e. The van der Waals surface area contributed by atoms with Gasteiger partial charge in [-0.3, -0.25) is 9.69 Å². The van der Waals surface area contributed by atoms with Crippen LogP contribution in [0.25, 0.3) is 0 Å². The van der Waals surface area contributed by atoms with E-state index < -0.39 is 17.6 Å². The van der Waals surface area contributed by atoms with Gasteiger partial charge in [-0.1, -0.05) is 0 Å². The number of nitrogens with zero attached hydrogens (tertiary/aromatic N) is 1. The highest BCUT2D eigenvalue weighted by molar-refractivity contribution is 5.89. The molecule has 1 amide bonds. The Labute approximate surface area is 132 Å². The summed E-state index contributed by atoms with van der Waals surface area (Å²) >= 11 is 0. The van der Waals surface area contributed by atoms with Crippen LogP contribution in [0.1, 0.15) is 12.5 Å². The molecule has 1 aromatic rings. The molecule has 8 heteroatoms. The van der Waals surface area contributed by atoms with Gasteiger partial charge in [-0.2, -0.15) is 13.2 Å². The summed E-state index contributed by atoms with van der Waals surface area (Å²) in [4.78, 5) is 13.2. The van der Waals surface area contributed by atoms with Crippen LogP contribution in [-0.4, -0.2) is 50.3 Å². The second-order valence-electron chi connectivity index (χ2n) is 5.23. The zero-order valence-corrected chi connectivity index (χ0v) is 12.8. The minimum Gasteiger partial charge on any atom is -0.492 e. The van der Waals surface area contributed by atoms with Gasteiger partial charge in [0.15, 0.2) is 0 Å². The van der Waals surface area contributed by atoms with E-state index in [2.05, 4.69) is 10.2 Å². The van der Waals surface area contributed by atoms with Gasteiger partial charge in [0.05, 0.1) is 18.8 Å². The number of anilines is 1. The molecule has 1 aliphatic heterocycles. The van der Waals surface area contributed by atoms with E-state index in [0.717, 1.165) is 25.2 Å². The number of morpholine rings is 1. The summed E-state index contributed by atoms with van der Waals surface area (Å²) < 4.78 is 49.4. The van der Waals surface area contributed by atoms with Crippen molar-refractivity contribution in [2.24, 2.45) is 0 Å². The van der Waals surface area contributed by atoms with Crippen LogP contribution in [-0.2, 0) is 15.7 Å². The molecular weight excluding hydrogens is 313 g/mol. The highest BCUT2D eigenvalue weighted by Crippen LogP contribution is 2.34. The minimum atomic E-state index is -4.50. The van der Waals surface area contributed by atoms with Crippen LogP contribution in [0.3, 0.4) is 0 Å². The topological polar surface area (TPSA) is 50.8 Å². The van der Waals surface area contributed by atoms with E-state index in [0.29, 0.717) is 19.8 Å². The Bertz CT molecular complexity index is 543. The number of nitrogens with one attached hydrogen (secondary N) is 1. The Morgan fingerprint density at radius 1 is 1.30 bits per heavy atom. The fourth-order valence-electron chi connectivity index (χ4n) is 2.24. The number of hydrogen-bond acceptors (Lipinski definition) is 4. The first kappa shape index (κ1) is 17.6. The highest BCUT2D eigenvalue weighted by Gasteiger charge is 2.31. The number of carbonyl (C=O) groups is 1. The summed E-state index contributed by atoms with van der Waals surface area (Å²) in [7, 11) is 0. The molecule has 0 aromatic heterocycles. The molecule has 0 radical (unpaired) electrons. The molecular formula is C15H19F3N2O3. The van der Waals surface area contributed by atoms with Crippen molar-refractivity contribution < 1.29 is 27.4 Å². The summed E-state index contributed by atoms with van der Waals surface area (Å²) in [5, 5.41) is 2.35. The molecule has 1 N–H and O–H groups in total. The van der Waals surface area contributed by atoms with Crippen LogP contribution < -0.4 is 10.1 Å². The fraction of sp³-hybridized carbons (Fsp3) is 0.533. The van der Waals surface area contributed by atoms with Crippen LogP contribution in [0.4, 0.5) is 18.9 Å².